The number of nitrogens with zero attached hydrogens (tertiary/aromatic N) is 3. The monoisotopic (exact) mass is 219 g/mol. The molecule has 16 heavy (non-hydrogen) atoms. The number of nitrogen functional groups attached to an aromatic ring is 1. The molecule has 0 saturated heterocycles. The van der Waals surface area contributed by atoms with Gasteiger partial charge in [-0.1, -0.05) is 32.0 Å². The Labute approximate surface area is 95.3 Å². The number of anilines is 2. The van der Waals surface area contributed by atoms with E-state index in [2.05, 4.69) is 15.4 Å². The third-order valence-corrected chi connectivity index (χ3v) is 1.86. The smallest absolute Gasteiger partial charge is 0.244 e. The van der Waals surface area contributed by atoms with Crippen LogP contribution in [0.5, 0.6) is 0 Å². The molecule has 86 valence electrons. The highest BCUT2D eigenvalue weighted by molar-refractivity contribution is 5.41. The molecule has 3 N–H and O–H groups in total. The molecule has 0 unspecified atom stereocenters. The number of nitrogens with two attached hydrogens (primary N) is 1. The van der Waals surface area contributed by atoms with E-state index in [-0.39, 0.29) is 0 Å². The zero-order valence-corrected chi connectivity index (χ0v) is 9.81. The molecule has 0 fully saturated rings. The molecule has 0 radical (unpaired) electrons. The van der Waals surface area contributed by atoms with Crippen LogP contribution in [0.3, 0.4) is 0 Å². The molecule has 1 heterocycles. The molecular formula is C11H17N5. The third kappa shape index (κ3) is 2.50. The second-order valence-corrected chi connectivity index (χ2v) is 2.79. The SMILES string of the molecule is CC.CNc1nc(N)n(-c2ccccc2)n1. The van der Waals surface area contributed by atoms with Gasteiger partial charge in [0, 0.05) is 7.05 Å². The van der Waals surface area contributed by atoms with E-state index in [0.717, 1.165) is 5.69 Å². The molecule has 0 amide bonds. The van der Waals surface area contributed by atoms with Crippen LogP contribution in [0, 0.1) is 0 Å². The Kier molecular flexibility index (Phi) is 4.32. The van der Waals surface area contributed by atoms with E-state index in [1.54, 1.807) is 11.7 Å². The summed E-state index contributed by atoms with van der Waals surface area (Å²) in [5.41, 5.74) is 6.60. The lowest BCUT2D eigenvalue weighted by Gasteiger charge is -2.00. The van der Waals surface area contributed by atoms with E-state index in [1.807, 2.05) is 44.2 Å². The number of hydrogen-bond acceptors (Lipinski definition) is 4. The van der Waals surface area contributed by atoms with Crippen molar-refractivity contribution >= 4 is 11.9 Å². The molecule has 0 atom stereocenters. The summed E-state index contributed by atoms with van der Waals surface area (Å²) in [4.78, 5) is 4.02. The minimum absolute atomic E-state index is 0.376. The van der Waals surface area contributed by atoms with E-state index in [0.29, 0.717) is 11.9 Å². The van der Waals surface area contributed by atoms with Crippen molar-refractivity contribution < 1.29 is 0 Å². The molecule has 0 saturated carbocycles. The predicted molar refractivity (Wildman–Crippen MR) is 66.7 cm³/mol. The minimum Gasteiger partial charge on any atom is -0.368 e. The Balaban J connectivity index is 0.000000606. The summed E-state index contributed by atoms with van der Waals surface area (Å²) in [6.07, 6.45) is 0. The standard InChI is InChI=1S/C9H11N5.C2H6/c1-11-9-12-8(10)14(13-9)7-5-3-2-4-6-7;1-2/h2-6H,1H3,(H3,10,11,12,13);1-2H3. The largest absolute Gasteiger partial charge is 0.368 e. The van der Waals surface area contributed by atoms with Gasteiger partial charge in [-0.2, -0.15) is 9.67 Å². The second-order valence-electron chi connectivity index (χ2n) is 2.79. The fourth-order valence-corrected chi connectivity index (χ4v) is 1.19. The Morgan fingerprint density at radius 1 is 1.19 bits per heavy atom. The number of nitrogens with one attached hydrogen (secondary N) is 1. The maximum atomic E-state index is 5.70. The van der Waals surface area contributed by atoms with E-state index < -0.39 is 0 Å². The lowest BCUT2D eigenvalue weighted by atomic mass is 10.3. The zero-order valence-electron chi connectivity index (χ0n) is 9.81. The number of rotatable bonds is 2. The fourth-order valence-electron chi connectivity index (χ4n) is 1.19. The molecular weight excluding hydrogens is 202 g/mol. The van der Waals surface area contributed by atoms with Crippen molar-refractivity contribution in [1.29, 1.82) is 0 Å². The summed E-state index contributed by atoms with van der Waals surface area (Å²) in [5, 5.41) is 7.00. The molecule has 0 bridgehead atoms. The van der Waals surface area contributed by atoms with Crippen LogP contribution in [0.1, 0.15) is 13.8 Å². The summed E-state index contributed by atoms with van der Waals surface area (Å²) >= 11 is 0. The van der Waals surface area contributed by atoms with Crippen molar-refractivity contribution in [2.75, 3.05) is 18.1 Å². The van der Waals surface area contributed by atoms with Gasteiger partial charge in [0.25, 0.3) is 0 Å². The Hall–Kier alpha value is -2.04. The van der Waals surface area contributed by atoms with E-state index in [4.69, 9.17) is 5.73 Å². The van der Waals surface area contributed by atoms with Gasteiger partial charge in [0.2, 0.25) is 11.9 Å². The maximum Gasteiger partial charge on any atom is 0.244 e. The summed E-state index contributed by atoms with van der Waals surface area (Å²) in [6, 6.07) is 9.63. The number of aromatic nitrogens is 3. The van der Waals surface area contributed by atoms with E-state index >= 15 is 0 Å². The molecule has 0 spiro atoms. The molecule has 0 aliphatic carbocycles. The van der Waals surface area contributed by atoms with Crippen molar-refractivity contribution in [3.05, 3.63) is 30.3 Å². The van der Waals surface area contributed by atoms with Crippen molar-refractivity contribution in [3.63, 3.8) is 0 Å². The molecule has 0 aliphatic heterocycles. The van der Waals surface area contributed by atoms with Gasteiger partial charge in [-0.05, 0) is 12.1 Å². The molecule has 1 aromatic carbocycles. The van der Waals surface area contributed by atoms with Crippen LogP contribution >= 0.6 is 0 Å². The molecule has 5 heteroatoms. The summed E-state index contributed by atoms with van der Waals surface area (Å²) < 4.78 is 1.59. The topological polar surface area (TPSA) is 68.8 Å². The quantitative estimate of drug-likeness (QED) is 0.809. The lowest BCUT2D eigenvalue weighted by molar-refractivity contribution is 0.893. The van der Waals surface area contributed by atoms with Gasteiger partial charge in [0.1, 0.15) is 0 Å². The van der Waals surface area contributed by atoms with Gasteiger partial charge >= 0.3 is 0 Å². The normalized spacial score (nSPS) is 9.19. The number of para-hydroxylation sites is 1. The van der Waals surface area contributed by atoms with Gasteiger partial charge in [-0.3, -0.25) is 0 Å². The molecule has 2 rings (SSSR count). The van der Waals surface area contributed by atoms with Crippen molar-refractivity contribution in [2.24, 2.45) is 0 Å². The molecule has 5 nitrogen and oxygen atoms in total. The lowest BCUT2D eigenvalue weighted by Crippen LogP contribution is -2.01. The molecule has 1 aromatic heterocycles. The van der Waals surface area contributed by atoms with Crippen LogP contribution < -0.4 is 11.1 Å². The highest BCUT2D eigenvalue weighted by atomic mass is 15.4. The summed E-state index contributed by atoms with van der Waals surface area (Å²) in [5.74, 6) is 0.895. The first kappa shape index (κ1) is 12.0. The zero-order chi connectivity index (χ0) is 12.0. The van der Waals surface area contributed by atoms with E-state index in [9.17, 15) is 0 Å². The Morgan fingerprint density at radius 3 is 2.31 bits per heavy atom. The summed E-state index contributed by atoms with van der Waals surface area (Å²) in [6.45, 7) is 4.00. The third-order valence-electron chi connectivity index (χ3n) is 1.86. The molecule has 0 aliphatic rings. The van der Waals surface area contributed by atoms with Crippen LogP contribution in [0.2, 0.25) is 0 Å². The average molecular weight is 219 g/mol. The maximum absolute atomic E-state index is 5.70. The van der Waals surface area contributed by atoms with Crippen molar-refractivity contribution in [2.45, 2.75) is 13.8 Å². The van der Waals surface area contributed by atoms with Gasteiger partial charge in [-0.15, -0.1) is 5.10 Å². The predicted octanol–water partition coefficient (Wildman–Crippen LogP) is 1.92. The number of hydrogen-bond donors (Lipinski definition) is 2. The average Bonchev–Trinajstić information content (AvgIpc) is 2.74. The van der Waals surface area contributed by atoms with Crippen LogP contribution in [0.15, 0.2) is 30.3 Å². The first-order chi connectivity index (χ1) is 7.81. The van der Waals surface area contributed by atoms with Gasteiger partial charge in [0.15, 0.2) is 0 Å². The van der Waals surface area contributed by atoms with Crippen molar-refractivity contribution in [3.8, 4) is 5.69 Å². The summed E-state index contributed by atoms with van der Waals surface area (Å²) in [7, 11) is 1.75. The highest BCUT2D eigenvalue weighted by Crippen LogP contribution is 2.12. The first-order valence-electron chi connectivity index (χ1n) is 5.27. The second kappa shape index (κ2) is 5.75. The van der Waals surface area contributed by atoms with Crippen molar-refractivity contribution in [1.82, 2.24) is 14.8 Å². The van der Waals surface area contributed by atoms with Gasteiger partial charge in [0.05, 0.1) is 5.69 Å². The first-order valence-corrected chi connectivity index (χ1v) is 5.27. The molecule has 2 aromatic rings. The van der Waals surface area contributed by atoms with Crippen LogP contribution in [0.4, 0.5) is 11.9 Å². The Bertz CT molecular complexity index is 421. The highest BCUT2D eigenvalue weighted by Gasteiger charge is 2.05. The van der Waals surface area contributed by atoms with Crippen LogP contribution in [-0.2, 0) is 0 Å². The van der Waals surface area contributed by atoms with Crippen LogP contribution in [-0.4, -0.2) is 21.8 Å². The van der Waals surface area contributed by atoms with Gasteiger partial charge in [-0.25, -0.2) is 0 Å². The van der Waals surface area contributed by atoms with Gasteiger partial charge < -0.3 is 11.1 Å². The van der Waals surface area contributed by atoms with E-state index in [1.165, 1.54) is 0 Å². The Morgan fingerprint density at radius 2 is 1.81 bits per heavy atom. The van der Waals surface area contributed by atoms with Crippen LogP contribution in [0.25, 0.3) is 5.69 Å². The fraction of sp³-hybridized carbons (Fsp3) is 0.273. The number of benzene rings is 1. The minimum atomic E-state index is 0.376.